The molecule has 0 bridgehead atoms. The van der Waals surface area contributed by atoms with E-state index in [1.807, 2.05) is 19.1 Å². The highest BCUT2D eigenvalue weighted by molar-refractivity contribution is 9.10. The van der Waals surface area contributed by atoms with Gasteiger partial charge in [-0.1, -0.05) is 22.9 Å². The van der Waals surface area contributed by atoms with E-state index in [9.17, 15) is 0 Å². The van der Waals surface area contributed by atoms with Crippen molar-refractivity contribution in [3.05, 3.63) is 28.2 Å². The predicted octanol–water partition coefficient (Wildman–Crippen LogP) is 2.64. The number of hydrogen-bond donors (Lipinski definition) is 1. The van der Waals surface area contributed by atoms with Crippen molar-refractivity contribution in [2.45, 2.75) is 26.4 Å². The second kappa shape index (κ2) is 8.13. The molecule has 1 aliphatic rings. The van der Waals surface area contributed by atoms with Crippen LogP contribution in [0, 0.1) is 5.92 Å². The SMILES string of the molecule is CCOCCOc1ccc(Br)cc1CN1CC(C)C(N)C1. The standard InChI is InChI=1S/C16H25BrN2O2/c1-3-20-6-7-21-16-5-4-14(17)8-13(16)10-19-9-12(2)15(18)11-19/h4-5,8,12,15H,3,6-7,9-11,18H2,1-2H3. The van der Waals surface area contributed by atoms with Crippen molar-refractivity contribution < 1.29 is 9.47 Å². The number of benzene rings is 1. The molecule has 1 aliphatic heterocycles. The first-order chi connectivity index (χ1) is 10.1. The van der Waals surface area contributed by atoms with Crippen LogP contribution in [0.4, 0.5) is 0 Å². The zero-order valence-corrected chi connectivity index (χ0v) is 14.4. The van der Waals surface area contributed by atoms with E-state index in [4.69, 9.17) is 15.2 Å². The lowest BCUT2D eigenvalue weighted by atomic mass is 10.1. The van der Waals surface area contributed by atoms with Crippen LogP contribution in [-0.2, 0) is 11.3 Å². The molecule has 1 aromatic rings. The van der Waals surface area contributed by atoms with Crippen molar-refractivity contribution in [1.82, 2.24) is 4.90 Å². The summed E-state index contributed by atoms with van der Waals surface area (Å²) in [6.45, 7) is 9.00. The minimum atomic E-state index is 0.277. The fourth-order valence-electron chi connectivity index (χ4n) is 2.63. The van der Waals surface area contributed by atoms with Crippen molar-refractivity contribution in [3.63, 3.8) is 0 Å². The fourth-order valence-corrected chi connectivity index (χ4v) is 3.04. The maximum atomic E-state index is 6.11. The van der Waals surface area contributed by atoms with Gasteiger partial charge in [-0.2, -0.15) is 0 Å². The van der Waals surface area contributed by atoms with Crippen LogP contribution in [0.1, 0.15) is 19.4 Å². The average molecular weight is 357 g/mol. The smallest absolute Gasteiger partial charge is 0.123 e. The molecule has 1 fully saturated rings. The summed E-state index contributed by atoms with van der Waals surface area (Å²) >= 11 is 3.54. The van der Waals surface area contributed by atoms with E-state index in [-0.39, 0.29) is 6.04 Å². The quantitative estimate of drug-likeness (QED) is 0.763. The maximum absolute atomic E-state index is 6.11. The van der Waals surface area contributed by atoms with Crippen LogP contribution in [0.3, 0.4) is 0 Å². The first kappa shape index (κ1) is 16.7. The molecule has 2 rings (SSSR count). The highest BCUT2D eigenvalue weighted by Crippen LogP contribution is 2.26. The van der Waals surface area contributed by atoms with Crippen LogP contribution in [0.2, 0.25) is 0 Å². The second-order valence-corrected chi connectivity index (χ2v) is 6.55. The minimum Gasteiger partial charge on any atom is -0.491 e. The Morgan fingerprint density at radius 2 is 2.14 bits per heavy atom. The van der Waals surface area contributed by atoms with E-state index < -0.39 is 0 Å². The first-order valence-electron chi connectivity index (χ1n) is 7.57. The second-order valence-electron chi connectivity index (χ2n) is 5.63. The number of nitrogens with zero attached hydrogens (tertiary/aromatic N) is 1. The van der Waals surface area contributed by atoms with Crippen LogP contribution in [0.5, 0.6) is 5.75 Å². The summed E-state index contributed by atoms with van der Waals surface area (Å²) in [5, 5.41) is 0. The molecule has 0 amide bonds. The lowest BCUT2D eigenvalue weighted by molar-refractivity contribution is 0.109. The molecule has 2 atom stereocenters. The number of ether oxygens (including phenoxy) is 2. The summed E-state index contributed by atoms with van der Waals surface area (Å²) < 4.78 is 12.2. The molecule has 2 unspecified atom stereocenters. The summed E-state index contributed by atoms with van der Waals surface area (Å²) in [5.41, 5.74) is 7.30. The van der Waals surface area contributed by atoms with Gasteiger partial charge in [0.15, 0.2) is 0 Å². The number of hydrogen-bond acceptors (Lipinski definition) is 4. The molecule has 0 saturated carbocycles. The van der Waals surface area contributed by atoms with Crippen molar-refractivity contribution in [1.29, 1.82) is 0 Å². The molecule has 4 nitrogen and oxygen atoms in total. The van der Waals surface area contributed by atoms with Crippen molar-refractivity contribution in [3.8, 4) is 5.75 Å². The van der Waals surface area contributed by atoms with Gasteiger partial charge in [-0.05, 0) is 31.0 Å². The van der Waals surface area contributed by atoms with Gasteiger partial charge in [0.1, 0.15) is 12.4 Å². The molecule has 21 heavy (non-hydrogen) atoms. The lowest BCUT2D eigenvalue weighted by Crippen LogP contribution is -2.28. The minimum absolute atomic E-state index is 0.277. The Kier molecular flexibility index (Phi) is 6.48. The van der Waals surface area contributed by atoms with Crippen LogP contribution in [0.15, 0.2) is 22.7 Å². The van der Waals surface area contributed by atoms with Crippen molar-refractivity contribution in [2.75, 3.05) is 32.9 Å². The molecule has 0 aliphatic carbocycles. The molecule has 0 spiro atoms. The van der Waals surface area contributed by atoms with Crippen LogP contribution in [-0.4, -0.2) is 43.9 Å². The summed E-state index contributed by atoms with van der Waals surface area (Å²) in [4.78, 5) is 2.40. The van der Waals surface area contributed by atoms with Gasteiger partial charge in [-0.15, -0.1) is 0 Å². The van der Waals surface area contributed by atoms with Gasteiger partial charge in [0.2, 0.25) is 0 Å². The van der Waals surface area contributed by atoms with E-state index in [1.165, 1.54) is 5.56 Å². The van der Waals surface area contributed by atoms with Gasteiger partial charge in [0.25, 0.3) is 0 Å². The topological polar surface area (TPSA) is 47.7 Å². The average Bonchev–Trinajstić information content (AvgIpc) is 2.75. The Labute approximate surface area is 135 Å². The molecule has 0 radical (unpaired) electrons. The van der Waals surface area contributed by atoms with Gasteiger partial charge >= 0.3 is 0 Å². The highest BCUT2D eigenvalue weighted by Gasteiger charge is 2.26. The highest BCUT2D eigenvalue weighted by atomic mass is 79.9. The van der Waals surface area contributed by atoms with E-state index in [0.717, 1.165) is 36.5 Å². The first-order valence-corrected chi connectivity index (χ1v) is 8.36. The molecular formula is C16H25BrN2O2. The summed E-state index contributed by atoms with van der Waals surface area (Å²) in [6, 6.07) is 6.44. The Morgan fingerprint density at radius 1 is 1.33 bits per heavy atom. The third-order valence-corrected chi connectivity index (χ3v) is 4.35. The number of nitrogens with two attached hydrogens (primary N) is 1. The Bertz CT molecular complexity index is 446. The summed E-state index contributed by atoms with van der Waals surface area (Å²) in [6.07, 6.45) is 0. The van der Waals surface area contributed by atoms with E-state index >= 15 is 0 Å². The van der Waals surface area contributed by atoms with Gasteiger partial charge in [-0.25, -0.2) is 0 Å². The van der Waals surface area contributed by atoms with E-state index in [1.54, 1.807) is 0 Å². The lowest BCUT2D eigenvalue weighted by Gasteiger charge is -2.18. The van der Waals surface area contributed by atoms with Gasteiger partial charge in [0, 0.05) is 42.3 Å². The Morgan fingerprint density at radius 3 is 2.81 bits per heavy atom. The van der Waals surface area contributed by atoms with Gasteiger partial charge < -0.3 is 15.2 Å². The molecule has 5 heteroatoms. The predicted molar refractivity (Wildman–Crippen MR) is 88.5 cm³/mol. The maximum Gasteiger partial charge on any atom is 0.123 e. The number of rotatable bonds is 7. The zero-order valence-electron chi connectivity index (χ0n) is 12.8. The van der Waals surface area contributed by atoms with Crippen molar-refractivity contribution in [2.24, 2.45) is 11.7 Å². The van der Waals surface area contributed by atoms with Gasteiger partial charge in [-0.3, -0.25) is 4.90 Å². The molecule has 2 N–H and O–H groups in total. The summed E-state index contributed by atoms with van der Waals surface area (Å²) in [5.74, 6) is 1.49. The van der Waals surface area contributed by atoms with Crippen molar-refractivity contribution >= 4 is 15.9 Å². The molecule has 118 valence electrons. The molecule has 1 saturated heterocycles. The van der Waals surface area contributed by atoms with Gasteiger partial charge in [0.05, 0.1) is 6.61 Å². The largest absolute Gasteiger partial charge is 0.491 e. The number of likely N-dealkylation sites (tertiary alicyclic amines) is 1. The zero-order chi connectivity index (χ0) is 15.2. The third-order valence-electron chi connectivity index (χ3n) is 3.85. The molecule has 1 heterocycles. The van der Waals surface area contributed by atoms with Crippen LogP contribution >= 0.6 is 15.9 Å². The molecular weight excluding hydrogens is 332 g/mol. The number of halogens is 1. The van der Waals surface area contributed by atoms with E-state index in [0.29, 0.717) is 19.1 Å². The Hall–Kier alpha value is -0.620. The Balaban J connectivity index is 1.98. The summed E-state index contributed by atoms with van der Waals surface area (Å²) in [7, 11) is 0. The molecule has 0 aromatic heterocycles. The van der Waals surface area contributed by atoms with Crippen LogP contribution < -0.4 is 10.5 Å². The third kappa shape index (κ3) is 4.95. The van der Waals surface area contributed by atoms with Crippen LogP contribution in [0.25, 0.3) is 0 Å². The monoisotopic (exact) mass is 356 g/mol. The fraction of sp³-hybridized carbons (Fsp3) is 0.625. The molecule has 1 aromatic carbocycles. The normalized spacial score (nSPS) is 22.7. The van der Waals surface area contributed by atoms with E-state index in [2.05, 4.69) is 33.8 Å².